The monoisotopic (exact) mass is 495 g/mol. The van der Waals surface area contributed by atoms with Crippen molar-refractivity contribution in [1.82, 2.24) is 25.3 Å². The van der Waals surface area contributed by atoms with Crippen molar-refractivity contribution in [2.45, 2.75) is 64.9 Å². The van der Waals surface area contributed by atoms with Crippen molar-refractivity contribution in [2.75, 3.05) is 0 Å². The van der Waals surface area contributed by atoms with Crippen LogP contribution in [0.4, 0.5) is 22.0 Å². The second-order valence-electron chi connectivity index (χ2n) is 9.02. The molecule has 0 bridgehead atoms. The lowest BCUT2D eigenvalue weighted by molar-refractivity contribution is -0.140. The van der Waals surface area contributed by atoms with E-state index in [1.165, 1.54) is 19.3 Å². The van der Waals surface area contributed by atoms with E-state index in [0.29, 0.717) is 22.6 Å². The highest BCUT2D eigenvalue weighted by Gasteiger charge is 2.39. The number of aromatic amines is 2. The van der Waals surface area contributed by atoms with Gasteiger partial charge in [0.2, 0.25) is 5.92 Å². The van der Waals surface area contributed by atoms with Crippen molar-refractivity contribution < 1.29 is 29.2 Å². The number of halogens is 5. The maximum Gasteiger partial charge on any atom is 0.435 e. The summed E-state index contributed by atoms with van der Waals surface area (Å²) in [4.78, 5) is 7.39. The maximum absolute atomic E-state index is 13.9. The Morgan fingerprint density at radius 3 is 2.49 bits per heavy atom. The zero-order valence-corrected chi connectivity index (χ0v) is 19.2. The number of nitrogens with zero attached hydrogens (tertiary/aromatic N) is 3. The molecule has 1 saturated carbocycles. The number of aryl methyl sites for hydroxylation is 3. The second kappa shape index (κ2) is 8.17. The predicted molar refractivity (Wildman–Crippen MR) is 119 cm³/mol. The molecule has 6 nitrogen and oxygen atoms in total. The maximum atomic E-state index is 13.9. The highest BCUT2D eigenvalue weighted by Crippen LogP contribution is 2.44. The lowest BCUT2D eigenvalue weighted by Gasteiger charge is -2.28. The highest BCUT2D eigenvalue weighted by molar-refractivity contribution is 5.98. The first kappa shape index (κ1) is 21.1. The first-order valence-electron chi connectivity index (χ1n) is 12.2. The third-order valence-corrected chi connectivity index (χ3v) is 6.55. The van der Waals surface area contributed by atoms with Crippen molar-refractivity contribution >= 4 is 11.0 Å². The summed E-state index contributed by atoms with van der Waals surface area (Å²) in [6, 6.07) is 0. The molecule has 0 unspecified atom stereocenters. The van der Waals surface area contributed by atoms with E-state index in [-0.39, 0.29) is 46.3 Å². The Morgan fingerprint density at radius 2 is 1.86 bits per heavy atom. The molecule has 0 aromatic carbocycles. The third kappa shape index (κ3) is 4.10. The van der Waals surface area contributed by atoms with Crippen LogP contribution >= 0.6 is 0 Å². The molecule has 4 heterocycles. The number of hydrogen-bond donors (Lipinski definition) is 2. The summed E-state index contributed by atoms with van der Waals surface area (Å²) in [6.07, 6.45) is -5.09. The van der Waals surface area contributed by atoms with E-state index >= 15 is 0 Å². The SMILES string of the molecule is [2H]C([2H])(c1c(-c2c(C)noc2C)cnc2c(-c3c(C(F)(F)F)n[nH]c3C)c[nH]c12)C1CCC(F)(F)CC1. The number of hydrogen-bond acceptors (Lipinski definition) is 4. The summed E-state index contributed by atoms with van der Waals surface area (Å²) in [6.45, 7) is 4.79. The van der Waals surface area contributed by atoms with Crippen molar-refractivity contribution in [1.29, 1.82) is 0 Å². The third-order valence-electron chi connectivity index (χ3n) is 6.55. The molecular formula is C24H24F5N5O. The Bertz CT molecular complexity index is 1460. The molecule has 4 aromatic heterocycles. The Kier molecular flexibility index (Phi) is 4.92. The largest absolute Gasteiger partial charge is 0.435 e. The normalized spacial score (nSPS) is 18.2. The van der Waals surface area contributed by atoms with E-state index in [2.05, 4.69) is 25.3 Å². The van der Waals surface area contributed by atoms with Gasteiger partial charge in [-0.05, 0) is 51.5 Å². The van der Waals surface area contributed by atoms with Crippen LogP contribution in [0, 0.1) is 26.7 Å². The van der Waals surface area contributed by atoms with Gasteiger partial charge in [-0.1, -0.05) is 5.16 Å². The van der Waals surface area contributed by atoms with Crippen molar-refractivity contribution in [3.05, 3.63) is 40.8 Å². The molecular weight excluding hydrogens is 469 g/mol. The molecule has 1 fully saturated rings. The van der Waals surface area contributed by atoms with Gasteiger partial charge in [0, 0.05) is 55.9 Å². The quantitative estimate of drug-likeness (QED) is 0.301. The first-order chi connectivity index (χ1) is 17.2. The fourth-order valence-electron chi connectivity index (χ4n) is 4.82. The standard InChI is InChI=1S/C24H24F5N5O/c1-11-19(22(33-32-11)24(27,28)29)17-10-31-20-15(8-14-4-6-23(25,26)7-5-14)16(9-30-21(17)20)18-12(2)34-35-13(18)3/h9-10,14,31H,4-8H2,1-3H3,(H,32,33)/i8D2. The summed E-state index contributed by atoms with van der Waals surface area (Å²) in [5, 5.41) is 9.76. The van der Waals surface area contributed by atoms with Crippen LogP contribution in [0.25, 0.3) is 33.3 Å². The summed E-state index contributed by atoms with van der Waals surface area (Å²) in [5.41, 5.74) is 0.720. The van der Waals surface area contributed by atoms with E-state index in [4.69, 9.17) is 7.26 Å². The molecule has 0 radical (unpaired) electrons. The minimum atomic E-state index is -4.73. The molecule has 5 rings (SSSR count). The highest BCUT2D eigenvalue weighted by atomic mass is 19.4. The molecule has 1 aliphatic rings. The van der Waals surface area contributed by atoms with Crippen LogP contribution in [0.15, 0.2) is 16.9 Å². The molecule has 1 aliphatic carbocycles. The molecule has 0 spiro atoms. The summed E-state index contributed by atoms with van der Waals surface area (Å²) < 4.78 is 92.5. The van der Waals surface area contributed by atoms with Crippen LogP contribution in [0.1, 0.15) is 56.8 Å². The summed E-state index contributed by atoms with van der Waals surface area (Å²) >= 11 is 0. The van der Waals surface area contributed by atoms with Gasteiger partial charge >= 0.3 is 6.18 Å². The Hall–Kier alpha value is -3.24. The first-order valence-corrected chi connectivity index (χ1v) is 11.2. The van der Waals surface area contributed by atoms with Gasteiger partial charge in [0.15, 0.2) is 5.69 Å². The van der Waals surface area contributed by atoms with Gasteiger partial charge in [-0.2, -0.15) is 18.3 Å². The molecule has 11 heteroatoms. The minimum Gasteiger partial charge on any atom is -0.361 e. The van der Waals surface area contributed by atoms with Gasteiger partial charge < -0.3 is 9.51 Å². The number of fused-ring (bicyclic) bond motifs is 1. The molecule has 0 amide bonds. The van der Waals surface area contributed by atoms with Gasteiger partial charge in [-0.15, -0.1) is 0 Å². The van der Waals surface area contributed by atoms with Gasteiger partial charge in [-0.3, -0.25) is 10.1 Å². The van der Waals surface area contributed by atoms with Crippen LogP contribution in [0.2, 0.25) is 0 Å². The number of H-pyrrole nitrogens is 2. The summed E-state index contributed by atoms with van der Waals surface area (Å²) in [7, 11) is 0. The van der Waals surface area contributed by atoms with E-state index in [0.717, 1.165) is 0 Å². The fraction of sp³-hybridized carbons (Fsp3) is 0.458. The molecule has 2 N–H and O–H groups in total. The Labute approximate surface area is 200 Å². The zero-order valence-electron chi connectivity index (χ0n) is 21.2. The van der Waals surface area contributed by atoms with Crippen molar-refractivity contribution in [3.8, 4) is 22.3 Å². The summed E-state index contributed by atoms with van der Waals surface area (Å²) in [5.74, 6) is -3.19. The average molecular weight is 495 g/mol. The fourth-order valence-corrected chi connectivity index (χ4v) is 4.82. The molecule has 186 valence electrons. The van der Waals surface area contributed by atoms with E-state index in [9.17, 15) is 22.0 Å². The van der Waals surface area contributed by atoms with E-state index < -0.39 is 42.9 Å². The number of pyridine rings is 1. The molecule has 35 heavy (non-hydrogen) atoms. The zero-order chi connectivity index (χ0) is 26.9. The van der Waals surface area contributed by atoms with Crippen molar-refractivity contribution in [3.63, 3.8) is 0 Å². The lowest BCUT2D eigenvalue weighted by Crippen LogP contribution is -2.25. The van der Waals surface area contributed by atoms with Crippen molar-refractivity contribution in [2.24, 2.45) is 5.92 Å². The number of nitrogens with one attached hydrogen (secondary N) is 2. The molecule has 0 aliphatic heterocycles. The van der Waals surface area contributed by atoms with Crippen LogP contribution in [0.3, 0.4) is 0 Å². The van der Waals surface area contributed by atoms with E-state index in [1.807, 2.05) is 0 Å². The second-order valence-corrected chi connectivity index (χ2v) is 9.02. The Balaban J connectivity index is 1.77. The average Bonchev–Trinajstić information content (AvgIpc) is 3.48. The lowest BCUT2D eigenvalue weighted by atomic mass is 9.81. The van der Waals surface area contributed by atoms with Gasteiger partial charge in [0.25, 0.3) is 0 Å². The minimum absolute atomic E-state index is 0.0442. The Morgan fingerprint density at radius 1 is 1.14 bits per heavy atom. The van der Waals surface area contributed by atoms with Gasteiger partial charge in [-0.25, -0.2) is 8.78 Å². The van der Waals surface area contributed by atoms with Crippen LogP contribution in [-0.4, -0.2) is 31.2 Å². The number of rotatable bonds is 4. The number of aromatic nitrogens is 5. The van der Waals surface area contributed by atoms with Crippen LogP contribution < -0.4 is 0 Å². The molecule has 4 aromatic rings. The molecule has 0 saturated heterocycles. The van der Waals surface area contributed by atoms with Gasteiger partial charge in [0.05, 0.1) is 16.7 Å². The smallest absolute Gasteiger partial charge is 0.361 e. The predicted octanol–water partition coefficient (Wildman–Crippen LogP) is 6.92. The van der Waals surface area contributed by atoms with Crippen LogP contribution in [-0.2, 0) is 12.5 Å². The topological polar surface area (TPSA) is 83.4 Å². The van der Waals surface area contributed by atoms with E-state index in [1.54, 1.807) is 13.8 Å². The van der Waals surface area contributed by atoms with Crippen LogP contribution in [0.5, 0.6) is 0 Å². The van der Waals surface area contributed by atoms with Gasteiger partial charge in [0.1, 0.15) is 5.76 Å². The molecule has 0 atom stereocenters. The number of alkyl halides is 5.